The number of alkyl halides is 1. The summed E-state index contributed by atoms with van der Waals surface area (Å²) in [6.07, 6.45) is 0. The molecule has 0 saturated heterocycles. The van der Waals surface area contributed by atoms with E-state index in [0.29, 0.717) is 0 Å². The van der Waals surface area contributed by atoms with Crippen molar-refractivity contribution in [1.29, 1.82) is 0 Å². The molecule has 1 aromatic carbocycles. The molecule has 76 valence electrons. The van der Waals surface area contributed by atoms with Crippen molar-refractivity contribution in [3.05, 3.63) is 28.5 Å². The van der Waals surface area contributed by atoms with E-state index in [2.05, 4.69) is 0 Å². The number of ketones is 1. The van der Waals surface area contributed by atoms with Crippen LogP contribution in [0.4, 0.5) is 4.39 Å². The molecule has 0 unspecified atom stereocenters. The number of rotatable bonds is 3. The molecular formula is C9H7Cl2FO2. The number of carbonyl (C=O) groups excluding carboxylic acids is 1. The minimum absolute atomic E-state index is 0.0403. The number of methoxy groups -OCH3 is 1. The van der Waals surface area contributed by atoms with Gasteiger partial charge in [0, 0.05) is 11.6 Å². The van der Waals surface area contributed by atoms with E-state index >= 15 is 0 Å². The van der Waals surface area contributed by atoms with Gasteiger partial charge in [0.05, 0.1) is 18.0 Å². The van der Waals surface area contributed by atoms with E-state index < -0.39 is 11.6 Å². The van der Waals surface area contributed by atoms with E-state index in [-0.39, 0.29) is 22.2 Å². The van der Waals surface area contributed by atoms with Crippen LogP contribution in [0.2, 0.25) is 5.02 Å². The van der Waals surface area contributed by atoms with Crippen LogP contribution < -0.4 is 4.74 Å². The first-order valence-electron chi connectivity index (χ1n) is 3.72. The summed E-state index contributed by atoms with van der Waals surface area (Å²) in [4.78, 5) is 11.2. The summed E-state index contributed by atoms with van der Waals surface area (Å²) in [5.41, 5.74) is 0.0403. The molecule has 14 heavy (non-hydrogen) atoms. The van der Waals surface area contributed by atoms with Gasteiger partial charge in [-0.05, 0) is 6.07 Å². The van der Waals surface area contributed by atoms with E-state index in [9.17, 15) is 9.18 Å². The molecule has 0 N–H and O–H groups in total. The Hall–Kier alpha value is -0.800. The number of carbonyl (C=O) groups is 1. The van der Waals surface area contributed by atoms with Crippen LogP contribution in [-0.2, 0) is 0 Å². The zero-order valence-electron chi connectivity index (χ0n) is 7.31. The Morgan fingerprint density at radius 1 is 1.57 bits per heavy atom. The Morgan fingerprint density at radius 2 is 2.21 bits per heavy atom. The molecule has 2 nitrogen and oxygen atoms in total. The molecule has 0 amide bonds. The molecule has 0 aliphatic heterocycles. The first-order valence-corrected chi connectivity index (χ1v) is 4.63. The highest BCUT2D eigenvalue weighted by Crippen LogP contribution is 2.26. The summed E-state index contributed by atoms with van der Waals surface area (Å²) in [6.45, 7) is 0. The van der Waals surface area contributed by atoms with Gasteiger partial charge < -0.3 is 4.74 Å². The second-order valence-corrected chi connectivity index (χ2v) is 3.17. The first-order chi connectivity index (χ1) is 6.60. The maximum Gasteiger partial charge on any atom is 0.179 e. The molecule has 1 rings (SSSR count). The SMILES string of the molecule is COc1cc(F)c(Cl)c(C(=O)CCl)c1. The highest BCUT2D eigenvalue weighted by Gasteiger charge is 2.15. The standard InChI is InChI=1S/C9H7Cl2FO2/c1-14-5-2-6(8(13)4-10)9(11)7(12)3-5/h2-3H,4H2,1H3. The normalized spacial score (nSPS) is 10.0. The fraction of sp³-hybridized carbons (Fsp3) is 0.222. The molecule has 0 fully saturated rings. The van der Waals surface area contributed by atoms with Gasteiger partial charge in [-0.15, -0.1) is 11.6 Å². The van der Waals surface area contributed by atoms with Crippen LogP contribution in [-0.4, -0.2) is 18.8 Å². The number of hydrogen-bond donors (Lipinski definition) is 0. The summed E-state index contributed by atoms with van der Waals surface area (Å²) in [5.74, 6) is -1.14. The second-order valence-electron chi connectivity index (χ2n) is 2.53. The van der Waals surface area contributed by atoms with Crippen LogP contribution in [0.25, 0.3) is 0 Å². The van der Waals surface area contributed by atoms with Crippen molar-refractivity contribution < 1.29 is 13.9 Å². The maximum atomic E-state index is 13.1. The highest BCUT2D eigenvalue weighted by atomic mass is 35.5. The van der Waals surface area contributed by atoms with Gasteiger partial charge in [-0.2, -0.15) is 0 Å². The van der Waals surface area contributed by atoms with Crippen molar-refractivity contribution in [3.8, 4) is 5.75 Å². The van der Waals surface area contributed by atoms with Gasteiger partial charge in [0.1, 0.15) is 11.6 Å². The van der Waals surface area contributed by atoms with Crippen molar-refractivity contribution in [1.82, 2.24) is 0 Å². The first kappa shape index (κ1) is 11.3. The molecule has 0 atom stereocenters. The molecule has 0 saturated carbocycles. The van der Waals surface area contributed by atoms with Crippen LogP contribution in [0.3, 0.4) is 0 Å². The van der Waals surface area contributed by atoms with Gasteiger partial charge in [0.2, 0.25) is 0 Å². The monoisotopic (exact) mass is 236 g/mol. The number of hydrogen-bond acceptors (Lipinski definition) is 2. The quantitative estimate of drug-likeness (QED) is 0.596. The summed E-state index contributed by atoms with van der Waals surface area (Å²) in [6, 6.07) is 2.46. The Bertz CT molecular complexity index is 366. The maximum absolute atomic E-state index is 13.1. The van der Waals surface area contributed by atoms with Crippen molar-refractivity contribution in [2.75, 3.05) is 13.0 Å². The zero-order valence-corrected chi connectivity index (χ0v) is 8.82. The Morgan fingerprint density at radius 3 is 2.71 bits per heavy atom. The number of benzene rings is 1. The van der Waals surface area contributed by atoms with Crippen molar-refractivity contribution in [2.45, 2.75) is 0 Å². The molecule has 0 aliphatic carbocycles. The minimum Gasteiger partial charge on any atom is -0.497 e. The summed E-state index contributed by atoms with van der Waals surface area (Å²) < 4.78 is 17.9. The number of halogens is 3. The van der Waals surface area contributed by atoms with E-state index in [1.54, 1.807) is 0 Å². The lowest BCUT2D eigenvalue weighted by molar-refractivity contribution is 0.102. The molecule has 1 aromatic rings. The highest BCUT2D eigenvalue weighted by molar-refractivity contribution is 6.37. The lowest BCUT2D eigenvalue weighted by atomic mass is 10.1. The van der Waals surface area contributed by atoms with E-state index in [1.165, 1.54) is 13.2 Å². The third kappa shape index (κ3) is 2.16. The lowest BCUT2D eigenvalue weighted by Gasteiger charge is -2.05. The van der Waals surface area contributed by atoms with Crippen LogP contribution >= 0.6 is 23.2 Å². The van der Waals surface area contributed by atoms with E-state index in [4.69, 9.17) is 27.9 Å². The molecule has 0 radical (unpaired) electrons. The molecular weight excluding hydrogens is 230 g/mol. The van der Waals surface area contributed by atoms with Crippen molar-refractivity contribution >= 4 is 29.0 Å². The van der Waals surface area contributed by atoms with Gasteiger partial charge >= 0.3 is 0 Å². The lowest BCUT2D eigenvalue weighted by Crippen LogP contribution is -2.03. The summed E-state index contributed by atoms with van der Waals surface area (Å²) in [7, 11) is 1.37. The topological polar surface area (TPSA) is 26.3 Å². The Labute approximate surface area is 90.6 Å². The smallest absolute Gasteiger partial charge is 0.179 e. The molecule has 5 heteroatoms. The summed E-state index contributed by atoms with van der Waals surface area (Å²) >= 11 is 10.9. The fourth-order valence-corrected chi connectivity index (χ4v) is 1.32. The van der Waals surface area contributed by atoms with Gasteiger partial charge in [-0.3, -0.25) is 4.79 Å². The average Bonchev–Trinajstić information content (AvgIpc) is 2.20. The van der Waals surface area contributed by atoms with Crippen molar-refractivity contribution in [3.63, 3.8) is 0 Å². The van der Waals surface area contributed by atoms with Gasteiger partial charge in [0.25, 0.3) is 0 Å². The van der Waals surface area contributed by atoms with E-state index in [0.717, 1.165) is 6.07 Å². The van der Waals surface area contributed by atoms with E-state index in [1.807, 2.05) is 0 Å². The molecule has 0 aromatic heterocycles. The number of ether oxygens (including phenoxy) is 1. The van der Waals surface area contributed by atoms with Crippen LogP contribution in [0.15, 0.2) is 12.1 Å². The zero-order chi connectivity index (χ0) is 10.7. The minimum atomic E-state index is -0.695. The third-order valence-electron chi connectivity index (χ3n) is 1.66. The Balaban J connectivity index is 3.27. The fourth-order valence-electron chi connectivity index (χ4n) is 0.957. The van der Waals surface area contributed by atoms with Crippen LogP contribution in [0, 0.1) is 5.82 Å². The van der Waals surface area contributed by atoms with Crippen LogP contribution in [0.1, 0.15) is 10.4 Å². The number of Topliss-reactive ketones (excluding diaryl/α,β-unsaturated/α-hetero) is 1. The van der Waals surface area contributed by atoms with Gasteiger partial charge in [-0.25, -0.2) is 4.39 Å². The van der Waals surface area contributed by atoms with Gasteiger partial charge in [-0.1, -0.05) is 11.6 Å². The van der Waals surface area contributed by atoms with Gasteiger partial charge in [0.15, 0.2) is 5.78 Å². The predicted octanol–water partition coefficient (Wildman–Crippen LogP) is 2.91. The largest absolute Gasteiger partial charge is 0.497 e. The summed E-state index contributed by atoms with van der Waals surface area (Å²) in [5, 5.41) is -0.226. The van der Waals surface area contributed by atoms with Crippen LogP contribution in [0.5, 0.6) is 5.75 Å². The molecule has 0 heterocycles. The second kappa shape index (κ2) is 4.62. The Kier molecular flexibility index (Phi) is 3.72. The third-order valence-corrected chi connectivity index (χ3v) is 2.29. The predicted molar refractivity (Wildman–Crippen MR) is 53.0 cm³/mol. The van der Waals surface area contributed by atoms with Crippen molar-refractivity contribution in [2.24, 2.45) is 0 Å². The molecule has 0 bridgehead atoms. The molecule has 0 aliphatic rings. The average molecular weight is 237 g/mol. The molecule has 0 spiro atoms.